The molecule has 5 nitrogen and oxygen atoms in total. The summed E-state index contributed by atoms with van der Waals surface area (Å²) in [7, 11) is 1.53. The van der Waals surface area contributed by atoms with Gasteiger partial charge in [-0.25, -0.2) is 4.98 Å². The molecule has 9 heteroatoms. The van der Waals surface area contributed by atoms with E-state index in [-0.39, 0.29) is 16.3 Å². The van der Waals surface area contributed by atoms with E-state index in [0.29, 0.717) is 11.4 Å². The van der Waals surface area contributed by atoms with E-state index >= 15 is 0 Å². The average Bonchev–Trinajstić information content (AvgIpc) is 3.17. The average molecular weight is 407 g/mol. The summed E-state index contributed by atoms with van der Waals surface area (Å²) in [5, 5.41) is 4.31. The molecule has 3 rings (SSSR count). The van der Waals surface area contributed by atoms with Crippen LogP contribution in [0.1, 0.15) is 34.7 Å². The molecular weight excluding hydrogens is 391 g/mol. The van der Waals surface area contributed by atoms with Crippen molar-refractivity contribution >= 4 is 17.2 Å². The van der Waals surface area contributed by atoms with Gasteiger partial charge < -0.3 is 10.1 Å². The van der Waals surface area contributed by atoms with Gasteiger partial charge in [-0.15, -0.1) is 11.3 Å². The first-order valence-corrected chi connectivity index (χ1v) is 9.10. The second-order valence-electron chi connectivity index (χ2n) is 5.90. The molecule has 2 aromatic heterocycles. The van der Waals surface area contributed by atoms with Crippen molar-refractivity contribution in [2.75, 3.05) is 7.11 Å². The van der Waals surface area contributed by atoms with Gasteiger partial charge in [0.05, 0.1) is 30.6 Å². The lowest BCUT2D eigenvalue weighted by molar-refractivity contribution is -0.137. The number of carbonyl (C=O) groups excluding carboxylic acids is 1. The molecule has 0 radical (unpaired) electrons. The summed E-state index contributed by atoms with van der Waals surface area (Å²) < 4.78 is 44.6. The van der Waals surface area contributed by atoms with Crippen LogP contribution >= 0.6 is 11.3 Å². The third kappa shape index (κ3) is 4.30. The lowest BCUT2D eigenvalue weighted by Crippen LogP contribution is -2.27. The molecule has 0 aliphatic rings. The molecule has 0 fully saturated rings. The Morgan fingerprint density at radius 1 is 1.21 bits per heavy atom. The van der Waals surface area contributed by atoms with Crippen molar-refractivity contribution in [3.63, 3.8) is 0 Å². The number of hydrogen-bond acceptors (Lipinski definition) is 5. The standard InChI is InChI=1S/C19H16F3N3O2S/c1-11(15-8-7-12(27-2)9-23-15)24-17(26)16-10-28-18(25-16)13-5-3-4-6-14(13)19(20,21)22/h3-11H,1-2H3,(H,24,26)/t11-/m1/s1. The number of halogens is 3. The molecule has 1 aromatic carbocycles. The smallest absolute Gasteiger partial charge is 0.417 e. The largest absolute Gasteiger partial charge is 0.495 e. The Kier molecular flexibility index (Phi) is 5.64. The zero-order valence-electron chi connectivity index (χ0n) is 14.9. The first kappa shape index (κ1) is 19.8. The number of ether oxygens (including phenoxy) is 1. The highest BCUT2D eigenvalue weighted by Crippen LogP contribution is 2.37. The number of rotatable bonds is 5. The van der Waals surface area contributed by atoms with Crippen LogP contribution in [0.3, 0.4) is 0 Å². The molecule has 3 aromatic rings. The molecule has 2 heterocycles. The van der Waals surface area contributed by atoms with Gasteiger partial charge in [-0.3, -0.25) is 9.78 Å². The number of nitrogens with zero attached hydrogens (tertiary/aromatic N) is 2. The fourth-order valence-corrected chi connectivity index (χ4v) is 3.37. The van der Waals surface area contributed by atoms with Crippen molar-refractivity contribution in [1.82, 2.24) is 15.3 Å². The molecule has 0 unspecified atom stereocenters. The van der Waals surface area contributed by atoms with Gasteiger partial charge in [0.1, 0.15) is 16.5 Å². The van der Waals surface area contributed by atoms with E-state index in [1.165, 1.54) is 36.9 Å². The monoisotopic (exact) mass is 407 g/mol. The normalized spacial score (nSPS) is 12.5. The van der Waals surface area contributed by atoms with Crippen molar-refractivity contribution in [3.8, 4) is 16.3 Å². The summed E-state index contributed by atoms with van der Waals surface area (Å²) in [4.78, 5) is 20.7. The van der Waals surface area contributed by atoms with Gasteiger partial charge in [0.25, 0.3) is 5.91 Å². The topological polar surface area (TPSA) is 64.1 Å². The quantitative estimate of drug-likeness (QED) is 0.665. The molecule has 0 saturated heterocycles. The van der Waals surface area contributed by atoms with E-state index < -0.39 is 23.7 Å². The second-order valence-corrected chi connectivity index (χ2v) is 6.76. The van der Waals surface area contributed by atoms with Crippen molar-refractivity contribution in [2.45, 2.75) is 19.1 Å². The number of amides is 1. The summed E-state index contributed by atoms with van der Waals surface area (Å²) in [6.45, 7) is 1.75. The first-order chi connectivity index (χ1) is 13.3. The summed E-state index contributed by atoms with van der Waals surface area (Å²) in [5.41, 5.74) is -0.166. The highest BCUT2D eigenvalue weighted by molar-refractivity contribution is 7.13. The predicted molar refractivity (Wildman–Crippen MR) is 99.2 cm³/mol. The third-order valence-electron chi connectivity index (χ3n) is 3.99. The highest BCUT2D eigenvalue weighted by Gasteiger charge is 2.34. The van der Waals surface area contributed by atoms with Crippen LogP contribution in [0.2, 0.25) is 0 Å². The van der Waals surface area contributed by atoms with Crippen LogP contribution in [0.25, 0.3) is 10.6 Å². The van der Waals surface area contributed by atoms with E-state index in [4.69, 9.17) is 4.74 Å². The summed E-state index contributed by atoms with van der Waals surface area (Å²) in [6.07, 6.45) is -2.97. The van der Waals surface area contributed by atoms with Crippen LogP contribution in [0.4, 0.5) is 13.2 Å². The molecule has 1 amide bonds. The minimum absolute atomic E-state index is 0.0519. The van der Waals surface area contributed by atoms with Crippen molar-refractivity contribution < 1.29 is 22.7 Å². The van der Waals surface area contributed by atoms with Gasteiger partial charge in [0, 0.05) is 10.9 Å². The Bertz CT molecular complexity index is 971. The van der Waals surface area contributed by atoms with Crippen LogP contribution in [0, 0.1) is 0 Å². The Morgan fingerprint density at radius 3 is 2.61 bits per heavy atom. The number of nitrogens with one attached hydrogen (secondary N) is 1. The highest BCUT2D eigenvalue weighted by atomic mass is 32.1. The number of methoxy groups -OCH3 is 1. The van der Waals surface area contributed by atoms with Gasteiger partial charge in [0.2, 0.25) is 0 Å². The molecule has 0 aliphatic heterocycles. The third-order valence-corrected chi connectivity index (χ3v) is 4.86. The predicted octanol–water partition coefficient (Wildman–Crippen LogP) is 4.72. The fraction of sp³-hybridized carbons (Fsp3) is 0.211. The number of aromatic nitrogens is 2. The molecular formula is C19H16F3N3O2S. The van der Waals surface area contributed by atoms with Gasteiger partial charge in [-0.05, 0) is 25.1 Å². The molecule has 0 spiro atoms. The Balaban J connectivity index is 1.78. The fourth-order valence-electron chi connectivity index (χ4n) is 2.53. The Hall–Kier alpha value is -2.94. The summed E-state index contributed by atoms with van der Waals surface area (Å²) >= 11 is 0.985. The van der Waals surface area contributed by atoms with E-state index in [0.717, 1.165) is 17.4 Å². The molecule has 146 valence electrons. The van der Waals surface area contributed by atoms with Gasteiger partial charge >= 0.3 is 6.18 Å². The van der Waals surface area contributed by atoms with Crippen LogP contribution in [-0.4, -0.2) is 23.0 Å². The molecule has 1 N–H and O–H groups in total. The van der Waals surface area contributed by atoms with Crippen molar-refractivity contribution in [2.24, 2.45) is 0 Å². The Labute approximate surface area is 163 Å². The van der Waals surface area contributed by atoms with Crippen molar-refractivity contribution in [3.05, 3.63) is 64.9 Å². The summed E-state index contributed by atoms with van der Waals surface area (Å²) in [5.74, 6) is 0.104. The number of alkyl halides is 3. The molecule has 0 bridgehead atoms. The van der Waals surface area contributed by atoms with Gasteiger partial charge in [-0.1, -0.05) is 18.2 Å². The van der Waals surface area contributed by atoms with Crippen LogP contribution in [0.5, 0.6) is 5.75 Å². The number of benzene rings is 1. The minimum Gasteiger partial charge on any atom is -0.495 e. The molecule has 0 saturated carbocycles. The number of thiazole rings is 1. The van der Waals surface area contributed by atoms with Crippen LogP contribution in [-0.2, 0) is 6.18 Å². The van der Waals surface area contributed by atoms with E-state index in [2.05, 4.69) is 15.3 Å². The zero-order valence-corrected chi connectivity index (χ0v) is 15.8. The van der Waals surface area contributed by atoms with Crippen LogP contribution < -0.4 is 10.1 Å². The molecule has 1 atom stereocenters. The maximum Gasteiger partial charge on any atom is 0.417 e. The SMILES string of the molecule is COc1ccc([C@@H](C)NC(=O)c2csc(-c3ccccc3C(F)(F)F)n2)nc1. The van der Waals surface area contributed by atoms with Gasteiger partial charge in [0.15, 0.2) is 0 Å². The Morgan fingerprint density at radius 2 is 1.96 bits per heavy atom. The lowest BCUT2D eigenvalue weighted by Gasteiger charge is -2.13. The number of carbonyl (C=O) groups is 1. The summed E-state index contributed by atoms with van der Waals surface area (Å²) in [6, 6.07) is 8.18. The van der Waals surface area contributed by atoms with E-state index in [1.807, 2.05) is 0 Å². The van der Waals surface area contributed by atoms with Crippen molar-refractivity contribution in [1.29, 1.82) is 0 Å². The maximum absolute atomic E-state index is 13.2. The van der Waals surface area contributed by atoms with Gasteiger partial charge in [-0.2, -0.15) is 13.2 Å². The number of hydrogen-bond donors (Lipinski definition) is 1. The maximum atomic E-state index is 13.2. The molecule has 28 heavy (non-hydrogen) atoms. The number of pyridine rings is 1. The van der Waals surface area contributed by atoms with E-state index in [1.54, 1.807) is 19.1 Å². The lowest BCUT2D eigenvalue weighted by atomic mass is 10.1. The van der Waals surface area contributed by atoms with Crippen LogP contribution in [0.15, 0.2) is 48.0 Å². The van der Waals surface area contributed by atoms with E-state index in [9.17, 15) is 18.0 Å². The minimum atomic E-state index is -4.50. The molecule has 0 aliphatic carbocycles. The first-order valence-electron chi connectivity index (χ1n) is 8.22. The zero-order chi connectivity index (χ0) is 20.3. The second kappa shape index (κ2) is 7.97.